The lowest BCUT2D eigenvalue weighted by Crippen LogP contribution is -2.31. The van der Waals surface area contributed by atoms with E-state index in [2.05, 4.69) is 4.57 Å². The second-order valence-corrected chi connectivity index (χ2v) is 7.23. The average molecular weight is 387 g/mol. The molecule has 2 aliphatic heterocycles. The summed E-state index contributed by atoms with van der Waals surface area (Å²) in [6, 6.07) is 14.4. The van der Waals surface area contributed by atoms with E-state index in [0.717, 1.165) is 32.6 Å². The molecule has 1 aromatic heterocycles. The van der Waals surface area contributed by atoms with Gasteiger partial charge in [-0.15, -0.1) is 0 Å². The van der Waals surface area contributed by atoms with Crippen molar-refractivity contribution in [3.8, 4) is 0 Å². The molecule has 5 rings (SSSR count). The number of hydrogen-bond donors (Lipinski definition) is 1. The molecule has 0 atom stereocenters. The molecule has 3 amide bonds. The third-order valence-electron chi connectivity index (χ3n) is 5.58. The lowest BCUT2D eigenvalue weighted by Gasteiger charge is -2.22. The second-order valence-electron chi connectivity index (χ2n) is 7.23. The molecule has 7 nitrogen and oxygen atoms in total. The highest BCUT2D eigenvalue weighted by molar-refractivity contribution is 6.15. The maximum atomic E-state index is 12.5. The van der Waals surface area contributed by atoms with Gasteiger partial charge in [-0.25, -0.2) is 9.59 Å². The molecule has 3 heterocycles. The van der Waals surface area contributed by atoms with Crippen LogP contribution in [0.15, 0.2) is 54.2 Å². The number of para-hydroxylation sites is 1. The number of urea groups is 1. The van der Waals surface area contributed by atoms with Crippen LogP contribution in [0.5, 0.6) is 0 Å². The van der Waals surface area contributed by atoms with Crippen LogP contribution in [0.1, 0.15) is 27.2 Å². The first kappa shape index (κ1) is 17.2. The van der Waals surface area contributed by atoms with Crippen LogP contribution in [0, 0.1) is 0 Å². The van der Waals surface area contributed by atoms with E-state index in [4.69, 9.17) is 5.11 Å². The molecule has 1 saturated heterocycles. The van der Waals surface area contributed by atoms with Gasteiger partial charge in [0, 0.05) is 35.8 Å². The van der Waals surface area contributed by atoms with Crippen LogP contribution >= 0.6 is 0 Å². The van der Waals surface area contributed by atoms with Gasteiger partial charge in [0.05, 0.1) is 12.1 Å². The Kier molecular flexibility index (Phi) is 3.61. The van der Waals surface area contributed by atoms with Crippen LogP contribution in [0.3, 0.4) is 0 Å². The molecule has 29 heavy (non-hydrogen) atoms. The van der Waals surface area contributed by atoms with Gasteiger partial charge in [0.15, 0.2) is 0 Å². The van der Waals surface area contributed by atoms with Crippen LogP contribution in [-0.4, -0.2) is 44.4 Å². The summed E-state index contributed by atoms with van der Waals surface area (Å²) in [6.45, 7) is 0.850. The van der Waals surface area contributed by atoms with E-state index in [0.29, 0.717) is 18.8 Å². The lowest BCUT2D eigenvalue weighted by atomic mass is 10.1. The molecule has 1 N–H and O–H groups in total. The highest BCUT2D eigenvalue weighted by atomic mass is 16.4. The van der Waals surface area contributed by atoms with Crippen molar-refractivity contribution >= 4 is 34.9 Å². The minimum absolute atomic E-state index is 0.241. The number of aromatic carboxylic acids is 1. The second kappa shape index (κ2) is 6.07. The first-order valence-corrected chi connectivity index (χ1v) is 9.19. The predicted octanol–water partition coefficient (Wildman–Crippen LogP) is 3.14. The molecule has 0 aliphatic carbocycles. The highest BCUT2D eigenvalue weighted by Crippen LogP contribution is 2.37. The molecule has 2 aliphatic rings. The monoisotopic (exact) mass is 387 g/mol. The number of fused-ring (bicyclic) bond motifs is 4. The molecule has 3 aromatic rings. The summed E-state index contributed by atoms with van der Waals surface area (Å²) in [7, 11) is 1.49. The van der Waals surface area contributed by atoms with Crippen LogP contribution in [0.4, 0.5) is 4.79 Å². The first-order valence-electron chi connectivity index (χ1n) is 9.19. The number of imide groups is 1. The Morgan fingerprint density at radius 3 is 2.52 bits per heavy atom. The zero-order valence-electron chi connectivity index (χ0n) is 15.6. The lowest BCUT2D eigenvalue weighted by molar-refractivity contribution is -0.122. The SMILES string of the molecule is CN1C(=O)C2=Cc3c(n(Cc4ccc(C(=O)O)cc4)c4ccccc34)CN2C1=O. The molecular formula is C22H17N3O4. The highest BCUT2D eigenvalue weighted by Gasteiger charge is 2.41. The molecular weight excluding hydrogens is 370 g/mol. The number of carboxylic acids is 1. The molecule has 0 spiro atoms. The molecule has 2 aromatic carbocycles. The van der Waals surface area contributed by atoms with Crippen LogP contribution < -0.4 is 0 Å². The van der Waals surface area contributed by atoms with Gasteiger partial charge in [-0.3, -0.25) is 14.6 Å². The maximum absolute atomic E-state index is 12.5. The van der Waals surface area contributed by atoms with Crippen molar-refractivity contribution in [1.29, 1.82) is 0 Å². The van der Waals surface area contributed by atoms with Gasteiger partial charge >= 0.3 is 12.0 Å². The van der Waals surface area contributed by atoms with Crippen molar-refractivity contribution in [2.24, 2.45) is 0 Å². The minimum atomic E-state index is -0.959. The summed E-state index contributed by atoms with van der Waals surface area (Å²) in [5.41, 5.74) is 4.50. The summed E-state index contributed by atoms with van der Waals surface area (Å²) >= 11 is 0. The number of amides is 3. The molecule has 7 heteroatoms. The molecule has 0 unspecified atom stereocenters. The van der Waals surface area contributed by atoms with Crippen molar-refractivity contribution in [1.82, 2.24) is 14.4 Å². The van der Waals surface area contributed by atoms with Crippen LogP contribution in [0.2, 0.25) is 0 Å². The minimum Gasteiger partial charge on any atom is -0.478 e. The summed E-state index contributed by atoms with van der Waals surface area (Å²) in [5.74, 6) is -1.25. The normalized spacial score (nSPS) is 15.6. The number of rotatable bonds is 3. The molecule has 0 saturated carbocycles. The zero-order chi connectivity index (χ0) is 20.3. The van der Waals surface area contributed by atoms with Gasteiger partial charge in [-0.1, -0.05) is 30.3 Å². The standard InChI is InChI=1S/C22H17N3O4/c1-23-20(26)18-10-16-15-4-2-3-5-17(15)24(19(16)12-25(18)22(23)29)11-13-6-8-14(9-7-13)21(27)28/h2-10H,11-12H2,1H3,(H,27,28). The van der Waals surface area contributed by atoms with E-state index in [-0.39, 0.29) is 17.5 Å². The van der Waals surface area contributed by atoms with Crippen LogP contribution in [-0.2, 0) is 17.9 Å². The van der Waals surface area contributed by atoms with E-state index >= 15 is 0 Å². The summed E-state index contributed by atoms with van der Waals surface area (Å²) in [6.07, 6.45) is 1.80. The molecule has 1 fully saturated rings. The number of carboxylic acid groups (broad SMARTS) is 1. The Hall–Kier alpha value is -3.87. The topological polar surface area (TPSA) is 82.8 Å². The maximum Gasteiger partial charge on any atom is 0.335 e. The number of carbonyl (C=O) groups is 3. The Morgan fingerprint density at radius 1 is 1.07 bits per heavy atom. The summed E-state index contributed by atoms with van der Waals surface area (Å²) in [4.78, 5) is 38.6. The molecule has 0 bridgehead atoms. The van der Waals surface area contributed by atoms with E-state index < -0.39 is 5.97 Å². The predicted molar refractivity (Wildman–Crippen MR) is 106 cm³/mol. The van der Waals surface area contributed by atoms with Gasteiger partial charge in [-0.05, 0) is 29.8 Å². The molecule has 0 radical (unpaired) electrons. The largest absolute Gasteiger partial charge is 0.478 e. The number of hydrogen-bond acceptors (Lipinski definition) is 3. The van der Waals surface area contributed by atoms with E-state index in [1.165, 1.54) is 11.9 Å². The smallest absolute Gasteiger partial charge is 0.335 e. The number of benzene rings is 2. The number of likely N-dealkylation sites (N-methyl/N-ethyl adjacent to an activating group) is 1. The number of nitrogens with zero attached hydrogens (tertiary/aromatic N) is 3. The Labute approximate surface area is 166 Å². The fourth-order valence-electron chi connectivity index (χ4n) is 4.07. The van der Waals surface area contributed by atoms with Gasteiger partial charge < -0.3 is 9.67 Å². The summed E-state index contributed by atoms with van der Waals surface area (Å²) in [5, 5.41) is 10.1. The average Bonchev–Trinajstić information content (AvgIpc) is 3.15. The Balaban J connectivity index is 1.64. The Bertz CT molecular complexity index is 1240. The third-order valence-corrected chi connectivity index (χ3v) is 5.58. The van der Waals surface area contributed by atoms with Crippen molar-refractivity contribution in [2.75, 3.05) is 7.05 Å². The van der Waals surface area contributed by atoms with Gasteiger partial charge in [0.1, 0.15) is 5.70 Å². The quantitative estimate of drug-likeness (QED) is 0.700. The van der Waals surface area contributed by atoms with Crippen molar-refractivity contribution < 1.29 is 19.5 Å². The van der Waals surface area contributed by atoms with E-state index in [1.54, 1.807) is 30.3 Å². The van der Waals surface area contributed by atoms with Crippen LogP contribution in [0.25, 0.3) is 17.0 Å². The molecule has 144 valence electrons. The fourth-order valence-corrected chi connectivity index (χ4v) is 4.07. The van der Waals surface area contributed by atoms with E-state index in [9.17, 15) is 14.4 Å². The van der Waals surface area contributed by atoms with Gasteiger partial charge in [-0.2, -0.15) is 0 Å². The third kappa shape index (κ3) is 2.47. The Morgan fingerprint density at radius 2 is 1.79 bits per heavy atom. The zero-order valence-corrected chi connectivity index (χ0v) is 15.6. The van der Waals surface area contributed by atoms with Gasteiger partial charge in [0.2, 0.25) is 0 Å². The van der Waals surface area contributed by atoms with Crippen molar-refractivity contribution in [3.63, 3.8) is 0 Å². The first-order chi connectivity index (χ1) is 14.0. The van der Waals surface area contributed by atoms with Gasteiger partial charge in [0.25, 0.3) is 5.91 Å². The van der Waals surface area contributed by atoms with E-state index in [1.807, 2.05) is 24.3 Å². The number of carbonyl (C=O) groups excluding carboxylic acids is 2. The number of aromatic nitrogens is 1. The summed E-state index contributed by atoms with van der Waals surface area (Å²) < 4.78 is 2.13. The van der Waals surface area contributed by atoms with Crippen molar-refractivity contribution in [2.45, 2.75) is 13.1 Å². The van der Waals surface area contributed by atoms with Crippen molar-refractivity contribution in [3.05, 3.63) is 76.6 Å². The fraction of sp³-hybridized carbons (Fsp3) is 0.136.